The maximum atomic E-state index is 12.4. The monoisotopic (exact) mass is 364 g/mol. The minimum Gasteiger partial charge on any atom is -0.343 e. The van der Waals surface area contributed by atoms with Crippen molar-refractivity contribution < 1.29 is 4.79 Å². The number of urea groups is 1. The summed E-state index contributed by atoms with van der Waals surface area (Å²) in [7, 11) is 0. The first-order valence-electron chi connectivity index (χ1n) is 9.41. The molecule has 0 saturated heterocycles. The third kappa shape index (κ3) is 3.58. The number of aromatic nitrogens is 4. The van der Waals surface area contributed by atoms with E-state index >= 15 is 0 Å². The fraction of sp³-hybridized carbons (Fsp3) is 0.350. The molecule has 0 fully saturated rings. The summed E-state index contributed by atoms with van der Waals surface area (Å²) in [6.07, 6.45) is 5.24. The van der Waals surface area contributed by atoms with Gasteiger partial charge in [0.25, 0.3) is 0 Å². The molecule has 0 unspecified atom stereocenters. The lowest BCUT2D eigenvalue weighted by atomic mass is 10.0. The summed E-state index contributed by atoms with van der Waals surface area (Å²) in [4.78, 5) is 21.8. The molecule has 4 rings (SSSR count). The molecule has 140 valence electrons. The Hall–Kier alpha value is -3.09. The number of benzene rings is 1. The number of hydrogen-bond acceptors (Lipinski definition) is 3. The van der Waals surface area contributed by atoms with E-state index in [1.54, 1.807) is 12.4 Å². The normalized spacial score (nSPS) is 13.4. The SMILES string of the molecule is CCCNC(=O)N1CCc2c(c(-c3ncc[nH]3)nn2Cc2ccccc2)C1. The first-order chi connectivity index (χ1) is 13.3. The Kier molecular flexibility index (Phi) is 4.91. The molecule has 3 heterocycles. The highest BCUT2D eigenvalue weighted by Gasteiger charge is 2.28. The maximum Gasteiger partial charge on any atom is 0.317 e. The van der Waals surface area contributed by atoms with Crippen LogP contribution in [0.3, 0.4) is 0 Å². The van der Waals surface area contributed by atoms with Crippen LogP contribution in [0.2, 0.25) is 0 Å². The number of carbonyl (C=O) groups excluding carboxylic acids is 1. The Balaban J connectivity index is 1.66. The van der Waals surface area contributed by atoms with E-state index in [-0.39, 0.29) is 6.03 Å². The van der Waals surface area contributed by atoms with Crippen LogP contribution in [0.5, 0.6) is 0 Å². The van der Waals surface area contributed by atoms with Gasteiger partial charge in [-0.2, -0.15) is 5.10 Å². The van der Waals surface area contributed by atoms with Crippen LogP contribution in [0, 0.1) is 0 Å². The lowest BCUT2D eigenvalue weighted by molar-refractivity contribution is 0.192. The van der Waals surface area contributed by atoms with Gasteiger partial charge in [-0.3, -0.25) is 4.68 Å². The van der Waals surface area contributed by atoms with Gasteiger partial charge < -0.3 is 15.2 Å². The zero-order valence-corrected chi connectivity index (χ0v) is 15.5. The summed E-state index contributed by atoms with van der Waals surface area (Å²) in [5, 5.41) is 7.82. The minimum atomic E-state index is -0.0105. The van der Waals surface area contributed by atoms with E-state index in [4.69, 9.17) is 5.10 Å². The van der Waals surface area contributed by atoms with Crippen molar-refractivity contribution in [3.05, 3.63) is 59.5 Å². The van der Waals surface area contributed by atoms with Gasteiger partial charge in [0.1, 0.15) is 5.69 Å². The average molecular weight is 364 g/mol. The molecule has 1 aliphatic rings. The zero-order valence-electron chi connectivity index (χ0n) is 15.5. The topological polar surface area (TPSA) is 78.8 Å². The smallest absolute Gasteiger partial charge is 0.317 e. The lowest BCUT2D eigenvalue weighted by Crippen LogP contribution is -2.43. The minimum absolute atomic E-state index is 0.0105. The lowest BCUT2D eigenvalue weighted by Gasteiger charge is -2.28. The van der Waals surface area contributed by atoms with Crippen LogP contribution in [0.15, 0.2) is 42.7 Å². The van der Waals surface area contributed by atoms with Crippen molar-refractivity contribution in [3.63, 3.8) is 0 Å². The Morgan fingerprint density at radius 3 is 2.89 bits per heavy atom. The van der Waals surface area contributed by atoms with Crippen molar-refractivity contribution in [2.75, 3.05) is 13.1 Å². The Morgan fingerprint density at radius 2 is 2.15 bits per heavy atom. The summed E-state index contributed by atoms with van der Waals surface area (Å²) < 4.78 is 2.06. The molecule has 2 aromatic heterocycles. The van der Waals surface area contributed by atoms with Crippen molar-refractivity contribution in [1.82, 2.24) is 30.0 Å². The first kappa shape index (κ1) is 17.3. The summed E-state index contributed by atoms with van der Waals surface area (Å²) in [5.41, 5.74) is 4.31. The maximum absolute atomic E-state index is 12.4. The predicted octanol–water partition coefficient (Wildman–Crippen LogP) is 2.80. The second kappa shape index (κ2) is 7.65. The fourth-order valence-electron chi connectivity index (χ4n) is 3.48. The second-order valence-electron chi connectivity index (χ2n) is 6.76. The highest BCUT2D eigenvalue weighted by molar-refractivity contribution is 5.75. The third-order valence-corrected chi connectivity index (χ3v) is 4.85. The van der Waals surface area contributed by atoms with Gasteiger partial charge in [-0.15, -0.1) is 0 Å². The van der Waals surface area contributed by atoms with Crippen LogP contribution in [0.4, 0.5) is 4.79 Å². The molecule has 1 aliphatic heterocycles. The van der Waals surface area contributed by atoms with Crippen molar-refractivity contribution in [2.45, 2.75) is 32.9 Å². The molecule has 7 heteroatoms. The molecular formula is C20H24N6O. The first-order valence-corrected chi connectivity index (χ1v) is 9.41. The Morgan fingerprint density at radius 1 is 1.30 bits per heavy atom. The van der Waals surface area contributed by atoms with Gasteiger partial charge in [0, 0.05) is 43.2 Å². The molecular weight excluding hydrogens is 340 g/mol. The van der Waals surface area contributed by atoms with Crippen LogP contribution in [0.25, 0.3) is 11.5 Å². The van der Waals surface area contributed by atoms with Gasteiger partial charge in [-0.1, -0.05) is 37.3 Å². The molecule has 0 saturated carbocycles. The average Bonchev–Trinajstić information content (AvgIpc) is 3.35. The molecule has 0 aliphatic carbocycles. The quantitative estimate of drug-likeness (QED) is 0.731. The van der Waals surface area contributed by atoms with Gasteiger partial charge in [0.15, 0.2) is 5.82 Å². The second-order valence-corrected chi connectivity index (χ2v) is 6.76. The van der Waals surface area contributed by atoms with E-state index < -0.39 is 0 Å². The van der Waals surface area contributed by atoms with Gasteiger partial charge in [-0.05, 0) is 12.0 Å². The summed E-state index contributed by atoms with van der Waals surface area (Å²) in [6, 6.07) is 10.3. The number of rotatable bonds is 5. The molecule has 3 aromatic rings. The largest absolute Gasteiger partial charge is 0.343 e. The van der Waals surface area contributed by atoms with Crippen LogP contribution in [-0.2, 0) is 19.5 Å². The number of carbonyl (C=O) groups is 1. The van der Waals surface area contributed by atoms with E-state index in [1.165, 1.54) is 11.3 Å². The molecule has 2 amide bonds. The molecule has 2 N–H and O–H groups in total. The molecule has 0 atom stereocenters. The van der Waals surface area contributed by atoms with Crippen LogP contribution in [0.1, 0.15) is 30.2 Å². The third-order valence-electron chi connectivity index (χ3n) is 4.85. The fourth-order valence-corrected chi connectivity index (χ4v) is 3.48. The Labute approximate surface area is 158 Å². The molecule has 0 radical (unpaired) electrons. The summed E-state index contributed by atoms with van der Waals surface area (Å²) in [6.45, 7) is 4.71. The number of imidazole rings is 1. The van der Waals surface area contributed by atoms with E-state index in [0.29, 0.717) is 26.2 Å². The van der Waals surface area contributed by atoms with Crippen molar-refractivity contribution >= 4 is 6.03 Å². The van der Waals surface area contributed by atoms with Crippen LogP contribution in [-0.4, -0.2) is 43.8 Å². The molecule has 27 heavy (non-hydrogen) atoms. The molecule has 0 bridgehead atoms. The highest BCUT2D eigenvalue weighted by atomic mass is 16.2. The molecule has 1 aromatic carbocycles. The number of aromatic amines is 1. The standard InChI is InChI=1S/C20H24N6O/c1-2-9-23-20(27)25-12-8-17-16(14-25)18(19-21-10-11-22-19)24-26(17)13-15-6-4-3-5-7-15/h3-7,10-11H,2,8-9,12-14H2,1H3,(H,21,22)(H,23,27). The number of H-pyrrole nitrogens is 1. The van der Waals surface area contributed by atoms with Crippen molar-refractivity contribution in [1.29, 1.82) is 0 Å². The number of nitrogens with zero attached hydrogens (tertiary/aromatic N) is 4. The Bertz CT molecular complexity index is 900. The molecule has 7 nitrogen and oxygen atoms in total. The summed E-state index contributed by atoms with van der Waals surface area (Å²) in [5.74, 6) is 0.744. The van der Waals surface area contributed by atoms with Crippen molar-refractivity contribution in [3.8, 4) is 11.5 Å². The van der Waals surface area contributed by atoms with E-state index in [0.717, 1.165) is 29.9 Å². The predicted molar refractivity (Wildman–Crippen MR) is 103 cm³/mol. The van der Waals surface area contributed by atoms with Gasteiger partial charge in [0.05, 0.1) is 13.1 Å². The van der Waals surface area contributed by atoms with Crippen molar-refractivity contribution in [2.24, 2.45) is 0 Å². The zero-order chi connectivity index (χ0) is 18.6. The number of fused-ring (bicyclic) bond motifs is 1. The van der Waals surface area contributed by atoms with Gasteiger partial charge in [0.2, 0.25) is 0 Å². The highest BCUT2D eigenvalue weighted by Crippen LogP contribution is 2.28. The van der Waals surface area contributed by atoms with E-state index in [1.807, 2.05) is 23.1 Å². The van der Waals surface area contributed by atoms with E-state index in [2.05, 4.69) is 39.0 Å². The molecule has 0 spiro atoms. The number of hydrogen-bond donors (Lipinski definition) is 2. The van der Waals surface area contributed by atoms with Gasteiger partial charge >= 0.3 is 6.03 Å². The van der Waals surface area contributed by atoms with E-state index in [9.17, 15) is 4.79 Å². The number of amides is 2. The van der Waals surface area contributed by atoms with Crippen LogP contribution < -0.4 is 5.32 Å². The number of nitrogens with one attached hydrogen (secondary N) is 2. The van der Waals surface area contributed by atoms with Gasteiger partial charge in [-0.25, -0.2) is 9.78 Å². The summed E-state index contributed by atoms with van der Waals surface area (Å²) >= 11 is 0. The van der Waals surface area contributed by atoms with Crippen LogP contribution >= 0.6 is 0 Å².